The molecule has 0 radical (unpaired) electrons. The van der Waals surface area contributed by atoms with Gasteiger partial charge in [-0.1, -0.05) is 13.0 Å². The predicted molar refractivity (Wildman–Crippen MR) is 83.7 cm³/mol. The van der Waals surface area contributed by atoms with Crippen LogP contribution in [-0.4, -0.2) is 26.5 Å². The molecule has 0 amide bonds. The molecule has 1 aliphatic rings. The average Bonchev–Trinajstić information content (AvgIpc) is 2.72. The van der Waals surface area contributed by atoms with Crippen molar-refractivity contribution in [3.8, 4) is 0 Å². The largest absolute Gasteiger partial charge is 0.310 e. The van der Waals surface area contributed by atoms with Crippen LogP contribution >= 0.6 is 0 Å². The molecule has 0 aliphatic carbocycles. The first-order chi connectivity index (χ1) is 9.84. The lowest BCUT2D eigenvalue weighted by Crippen LogP contribution is -2.31. The highest BCUT2D eigenvalue weighted by Gasteiger charge is 2.35. The maximum atomic E-state index is 14.4. The van der Waals surface area contributed by atoms with Crippen molar-refractivity contribution in [3.63, 3.8) is 0 Å². The zero-order valence-electron chi connectivity index (χ0n) is 12.9. The highest BCUT2D eigenvalue weighted by Crippen LogP contribution is 2.34. The zero-order chi connectivity index (χ0) is 15.6. The molecule has 1 N–H and O–H groups in total. The van der Waals surface area contributed by atoms with Gasteiger partial charge in [-0.25, -0.2) is 12.8 Å². The minimum Gasteiger partial charge on any atom is -0.310 e. The summed E-state index contributed by atoms with van der Waals surface area (Å²) in [7, 11) is -2.97. The van der Waals surface area contributed by atoms with Crippen LogP contribution in [0.15, 0.2) is 12.1 Å². The van der Waals surface area contributed by atoms with E-state index in [-0.39, 0.29) is 29.3 Å². The third kappa shape index (κ3) is 3.83. The number of hydrogen-bond donors (Lipinski definition) is 1. The molecule has 0 aromatic heterocycles. The third-order valence-electron chi connectivity index (χ3n) is 4.15. The number of benzene rings is 1. The Morgan fingerprint density at radius 2 is 2.10 bits per heavy atom. The third-order valence-corrected chi connectivity index (χ3v) is 5.94. The fraction of sp³-hybridized carbons (Fsp3) is 0.625. The van der Waals surface area contributed by atoms with E-state index in [1.54, 1.807) is 0 Å². The smallest absolute Gasteiger partial charge is 0.150 e. The van der Waals surface area contributed by atoms with Gasteiger partial charge < -0.3 is 5.32 Å². The predicted octanol–water partition coefficient (Wildman–Crippen LogP) is 2.92. The van der Waals surface area contributed by atoms with Gasteiger partial charge in [-0.2, -0.15) is 0 Å². The number of halogens is 1. The molecule has 1 aromatic carbocycles. The van der Waals surface area contributed by atoms with Crippen LogP contribution in [0.1, 0.15) is 42.5 Å². The van der Waals surface area contributed by atoms with Crippen LogP contribution in [0.2, 0.25) is 0 Å². The summed E-state index contributed by atoms with van der Waals surface area (Å²) >= 11 is 0. The van der Waals surface area contributed by atoms with E-state index in [1.165, 1.54) is 6.07 Å². The highest BCUT2D eigenvalue weighted by molar-refractivity contribution is 7.91. The van der Waals surface area contributed by atoms with Crippen molar-refractivity contribution < 1.29 is 12.8 Å². The van der Waals surface area contributed by atoms with Crippen LogP contribution in [0.4, 0.5) is 4.39 Å². The van der Waals surface area contributed by atoms with Gasteiger partial charge in [-0.05, 0) is 56.3 Å². The van der Waals surface area contributed by atoms with Crippen LogP contribution in [0, 0.1) is 25.6 Å². The van der Waals surface area contributed by atoms with E-state index in [0.717, 1.165) is 24.1 Å². The van der Waals surface area contributed by atoms with E-state index < -0.39 is 9.84 Å². The Bertz CT molecular complexity index is 590. The van der Waals surface area contributed by atoms with Crippen molar-refractivity contribution in [2.75, 3.05) is 18.1 Å². The van der Waals surface area contributed by atoms with Gasteiger partial charge in [0.15, 0.2) is 9.84 Å². The minimum atomic E-state index is -2.97. The summed E-state index contributed by atoms with van der Waals surface area (Å²) < 4.78 is 38.0. The molecule has 5 heteroatoms. The summed E-state index contributed by atoms with van der Waals surface area (Å²) in [4.78, 5) is 0. The first-order valence-corrected chi connectivity index (χ1v) is 9.36. The van der Waals surface area contributed by atoms with Crippen LogP contribution in [0.25, 0.3) is 0 Å². The lowest BCUT2D eigenvalue weighted by molar-refractivity contribution is 0.378. The number of nitrogens with one attached hydrogen (secondary N) is 1. The molecule has 2 unspecified atom stereocenters. The van der Waals surface area contributed by atoms with E-state index >= 15 is 0 Å². The van der Waals surface area contributed by atoms with Crippen LogP contribution in [-0.2, 0) is 9.84 Å². The SMILES string of the molecule is CCCNC(c1c(C)cc(C)cc1F)C1CCS(=O)(=O)C1. The van der Waals surface area contributed by atoms with E-state index in [0.29, 0.717) is 12.0 Å². The van der Waals surface area contributed by atoms with Crippen molar-refractivity contribution >= 4 is 9.84 Å². The van der Waals surface area contributed by atoms with Gasteiger partial charge in [-0.15, -0.1) is 0 Å². The topological polar surface area (TPSA) is 46.2 Å². The van der Waals surface area contributed by atoms with Crippen molar-refractivity contribution in [2.24, 2.45) is 5.92 Å². The Morgan fingerprint density at radius 1 is 1.38 bits per heavy atom. The molecule has 1 saturated heterocycles. The molecule has 0 saturated carbocycles. The van der Waals surface area contributed by atoms with Crippen LogP contribution in [0.3, 0.4) is 0 Å². The minimum absolute atomic E-state index is 0.0440. The maximum Gasteiger partial charge on any atom is 0.150 e. The second-order valence-corrected chi connectivity index (χ2v) is 8.30. The number of rotatable bonds is 5. The normalized spacial score (nSPS) is 22.4. The highest BCUT2D eigenvalue weighted by atomic mass is 32.2. The summed E-state index contributed by atoms with van der Waals surface area (Å²) in [6.07, 6.45) is 1.54. The molecule has 1 aromatic rings. The van der Waals surface area contributed by atoms with E-state index in [1.807, 2.05) is 26.8 Å². The molecule has 1 heterocycles. The first kappa shape index (κ1) is 16.4. The molecule has 2 atom stereocenters. The molecular weight excluding hydrogens is 289 g/mol. The molecule has 1 aliphatic heterocycles. The second kappa shape index (κ2) is 6.44. The van der Waals surface area contributed by atoms with Crippen molar-refractivity contribution in [1.82, 2.24) is 5.32 Å². The van der Waals surface area contributed by atoms with Gasteiger partial charge in [0.25, 0.3) is 0 Å². The number of hydrogen-bond acceptors (Lipinski definition) is 3. The quantitative estimate of drug-likeness (QED) is 0.909. The van der Waals surface area contributed by atoms with Crippen LogP contribution in [0.5, 0.6) is 0 Å². The van der Waals surface area contributed by atoms with Gasteiger partial charge in [-0.3, -0.25) is 0 Å². The summed E-state index contributed by atoms with van der Waals surface area (Å²) in [6, 6.07) is 3.28. The van der Waals surface area contributed by atoms with Gasteiger partial charge in [0.1, 0.15) is 5.82 Å². The average molecular weight is 313 g/mol. The number of aryl methyl sites for hydroxylation is 2. The van der Waals surface area contributed by atoms with Crippen molar-refractivity contribution in [2.45, 2.75) is 39.7 Å². The Kier molecular flexibility index (Phi) is 5.04. The molecule has 0 bridgehead atoms. The Hall–Kier alpha value is -0.940. The summed E-state index contributed by atoms with van der Waals surface area (Å²) in [5.74, 6) is 0.0955. The zero-order valence-corrected chi connectivity index (χ0v) is 13.8. The molecule has 118 valence electrons. The maximum absolute atomic E-state index is 14.4. The summed E-state index contributed by atoms with van der Waals surface area (Å²) in [5.41, 5.74) is 2.42. The van der Waals surface area contributed by atoms with Crippen molar-refractivity contribution in [1.29, 1.82) is 0 Å². The summed E-state index contributed by atoms with van der Waals surface area (Å²) in [6.45, 7) is 6.58. The molecule has 3 nitrogen and oxygen atoms in total. The molecule has 21 heavy (non-hydrogen) atoms. The summed E-state index contributed by atoms with van der Waals surface area (Å²) in [5, 5.41) is 3.36. The van der Waals surface area contributed by atoms with Gasteiger partial charge >= 0.3 is 0 Å². The Morgan fingerprint density at radius 3 is 2.62 bits per heavy atom. The van der Waals surface area contributed by atoms with Gasteiger partial charge in [0.05, 0.1) is 11.5 Å². The fourth-order valence-corrected chi connectivity index (χ4v) is 5.05. The second-order valence-electron chi connectivity index (χ2n) is 6.07. The molecule has 0 spiro atoms. The Balaban J connectivity index is 2.37. The molecule has 1 fully saturated rings. The molecular formula is C16H24FNO2S. The van der Waals surface area contributed by atoms with E-state index in [2.05, 4.69) is 5.32 Å². The van der Waals surface area contributed by atoms with E-state index in [4.69, 9.17) is 0 Å². The van der Waals surface area contributed by atoms with Gasteiger partial charge in [0.2, 0.25) is 0 Å². The standard InChI is InChI=1S/C16H24FNO2S/c1-4-6-18-16(13-5-7-21(19,20)10-13)15-12(3)8-11(2)9-14(15)17/h8-9,13,16,18H,4-7,10H2,1-3H3. The first-order valence-electron chi connectivity index (χ1n) is 7.54. The fourth-order valence-electron chi connectivity index (χ4n) is 3.21. The van der Waals surface area contributed by atoms with Crippen molar-refractivity contribution in [3.05, 3.63) is 34.6 Å². The van der Waals surface area contributed by atoms with E-state index in [9.17, 15) is 12.8 Å². The Labute approximate surface area is 126 Å². The lowest BCUT2D eigenvalue weighted by atomic mass is 9.88. The van der Waals surface area contributed by atoms with Gasteiger partial charge in [0, 0.05) is 11.6 Å². The lowest BCUT2D eigenvalue weighted by Gasteiger charge is -2.26. The molecule has 2 rings (SSSR count). The van der Waals surface area contributed by atoms with Crippen LogP contribution < -0.4 is 5.32 Å². The monoisotopic (exact) mass is 313 g/mol. The number of sulfone groups is 1.